The Kier molecular flexibility index (Phi) is 4.60. The van der Waals surface area contributed by atoms with Crippen molar-refractivity contribution in [1.82, 2.24) is 14.9 Å². The van der Waals surface area contributed by atoms with E-state index < -0.39 is 5.60 Å². The zero-order chi connectivity index (χ0) is 17.4. The molecule has 1 saturated heterocycles. The first kappa shape index (κ1) is 17.3. The number of carbonyl (C=O) groups excluding carboxylic acids is 1. The van der Waals surface area contributed by atoms with E-state index in [0.29, 0.717) is 17.5 Å². The Balaban J connectivity index is 1.72. The van der Waals surface area contributed by atoms with Crippen LogP contribution < -0.4 is 5.32 Å². The lowest BCUT2D eigenvalue weighted by atomic mass is 9.60. The predicted molar refractivity (Wildman–Crippen MR) is 93.2 cm³/mol. The lowest BCUT2D eigenvalue weighted by Gasteiger charge is -2.53. The van der Waals surface area contributed by atoms with E-state index in [1.807, 2.05) is 20.8 Å². The Labute approximate surface area is 147 Å². The van der Waals surface area contributed by atoms with Crippen LogP contribution in [-0.4, -0.2) is 45.7 Å². The highest BCUT2D eigenvalue weighted by Gasteiger charge is 2.48. The molecule has 1 aromatic heterocycles. The second kappa shape index (κ2) is 6.39. The molecule has 2 aliphatic rings. The molecule has 1 atom stereocenters. The van der Waals surface area contributed by atoms with Crippen molar-refractivity contribution in [2.45, 2.75) is 58.1 Å². The fourth-order valence-electron chi connectivity index (χ4n) is 3.55. The molecule has 0 bridgehead atoms. The number of piperidine rings is 1. The van der Waals surface area contributed by atoms with E-state index in [1.165, 1.54) is 25.5 Å². The molecule has 0 radical (unpaired) electrons. The minimum absolute atomic E-state index is 0.139. The van der Waals surface area contributed by atoms with Gasteiger partial charge in [0.15, 0.2) is 0 Å². The summed E-state index contributed by atoms with van der Waals surface area (Å²) in [5.74, 6) is 0.657. The van der Waals surface area contributed by atoms with Gasteiger partial charge in [0.2, 0.25) is 0 Å². The number of amides is 1. The summed E-state index contributed by atoms with van der Waals surface area (Å²) in [4.78, 5) is 22.6. The van der Waals surface area contributed by atoms with Crippen LogP contribution in [0, 0.1) is 5.41 Å². The van der Waals surface area contributed by atoms with E-state index in [0.717, 1.165) is 13.0 Å². The molecule has 132 valence electrons. The molecule has 1 aromatic rings. The van der Waals surface area contributed by atoms with Crippen LogP contribution >= 0.6 is 11.6 Å². The van der Waals surface area contributed by atoms with Crippen LogP contribution in [0.5, 0.6) is 0 Å². The van der Waals surface area contributed by atoms with Crippen molar-refractivity contribution < 1.29 is 9.53 Å². The summed E-state index contributed by atoms with van der Waals surface area (Å²) in [5.41, 5.74) is -0.243. The van der Waals surface area contributed by atoms with Crippen molar-refractivity contribution in [3.8, 4) is 0 Å². The first-order valence-electron chi connectivity index (χ1n) is 8.49. The molecule has 0 aromatic carbocycles. The second-order valence-corrected chi connectivity index (χ2v) is 8.20. The number of likely N-dealkylation sites (tertiary alicyclic amines) is 1. The zero-order valence-electron chi connectivity index (χ0n) is 14.5. The Morgan fingerprint density at radius 1 is 1.38 bits per heavy atom. The number of nitrogens with one attached hydrogen (secondary N) is 1. The molecule has 2 fully saturated rings. The predicted octanol–water partition coefficient (Wildman–Crippen LogP) is 3.72. The number of halogens is 1. The van der Waals surface area contributed by atoms with Gasteiger partial charge in [-0.05, 0) is 45.4 Å². The van der Waals surface area contributed by atoms with Crippen molar-refractivity contribution in [2.75, 3.05) is 18.4 Å². The Morgan fingerprint density at radius 2 is 2.12 bits per heavy atom. The fraction of sp³-hybridized carbons (Fsp3) is 0.706. The number of aromatic nitrogens is 2. The Hall–Kier alpha value is -1.56. The van der Waals surface area contributed by atoms with Crippen molar-refractivity contribution >= 4 is 23.5 Å². The molecule has 1 amide bonds. The molecule has 7 heteroatoms. The molecule has 6 nitrogen and oxygen atoms in total. The minimum atomic E-state index is -0.482. The molecule has 1 saturated carbocycles. The highest BCUT2D eigenvalue weighted by atomic mass is 35.5. The number of rotatable bonds is 2. The Morgan fingerprint density at radius 3 is 2.71 bits per heavy atom. The summed E-state index contributed by atoms with van der Waals surface area (Å²) in [7, 11) is 0. The van der Waals surface area contributed by atoms with Crippen LogP contribution in [0.4, 0.5) is 10.6 Å². The lowest BCUT2D eigenvalue weighted by molar-refractivity contribution is -0.0117. The van der Waals surface area contributed by atoms with Crippen LogP contribution in [0.15, 0.2) is 12.4 Å². The van der Waals surface area contributed by atoms with Gasteiger partial charge in [0.05, 0.1) is 18.4 Å². The standard InChI is InChI=1S/C17H25ClN4O2/c1-16(2,3)24-15(23)22-8-7-17(5-4-6-17)12(11-22)20-14-10-19-9-13(18)21-14/h9-10,12H,4-8,11H2,1-3H3,(H,20,21). The maximum atomic E-state index is 12.4. The van der Waals surface area contributed by atoms with Gasteiger partial charge in [-0.3, -0.25) is 4.98 Å². The van der Waals surface area contributed by atoms with Gasteiger partial charge in [-0.1, -0.05) is 18.0 Å². The first-order chi connectivity index (χ1) is 11.3. The van der Waals surface area contributed by atoms with Crippen LogP contribution in [0.3, 0.4) is 0 Å². The summed E-state index contributed by atoms with van der Waals surface area (Å²) in [6, 6.07) is 0.139. The van der Waals surface area contributed by atoms with E-state index in [1.54, 1.807) is 11.1 Å². The summed E-state index contributed by atoms with van der Waals surface area (Å²) >= 11 is 5.94. The maximum absolute atomic E-state index is 12.4. The molecule has 1 unspecified atom stereocenters. The van der Waals surface area contributed by atoms with Gasteiger partial charge < -0.3 is 15.0 Å². The molecule has 1 spiro atoms. The van der Waals surface area contributed by atoms with Gasteiger partial charge in [0.25, 0.3) is 0 Å². The van der Waals surface area contributed by atoms with Crippen molar-refractivity contribution in [3.05, 3.63) is 17.5 Å². The third-order valence-electron chi connectivity index (χ3n) is 4.95. The second-order valence-electron chi connectivity index (χ2n) is 7.82. The van der Waals surface area contributed by atoms with Crippen molar-refractivity contribution in [3.63, 3.8) is 0 Å². The molecule has 2 heterocycles. The number of ether oxygens (including phenoxy) is 1. The fourth-order valence-corrected chi connectivity index (χ4v) is 3.70. The van der Waals surface area contributed by atoms with Crippen molar-refractivity contribution in [1.29, 1.82) is 0 Å². The van der Waals surface area contributed by atoms with Crippen LogP contribution in [0.2, 0.25) is 5.15 Å². The summed E-state index contributed by atoms with van der Waals surface area (Å²) in [6.45, 7) is 7.02. The SMILES string of the molecule is CC(C)(C)OC(=O)N1CCC2(CCC2)C(Nc2cncc(Cl)n2)C1. The van der Waals surface area contributed by atoms with Crippen molar-refractivity contribution in [2.24, 2.45) is 5.41 Å². The monoisotopic (exact) mass is 352 g/mol. The molecular weight excluding hydrogens is 328 g/mol. The third kappa shape index (κ3) is 3.74. The number of anilines is 1. The van der Waals surface area contributed by atoms with Crippen LogP contribution in [-0.2, 0) is 4.74 Å². The zero-order valence-corrected chi connectivity index (χ0v) is 15.3. The van der Waals surface area contributed by atoms with Crippen LogP contribution in [0.1, 0.15) is 46.5 Å². The molecule has 1 N–H and O–H groups in total. The first-order valence-corrected chi connectivity index (χ1v) is 8.87. The average molecular weight is 353 g/mol. The molecule has 1 aliphatic heterocycles. The summed E-state index contributed by atoms with van der Waals surface area (Å²) in [5, 5.41) is 3.82. The summed E-state index contributed by atoms with van der Waals surface area (Å²) < 4.78 is 5.52. The number of hydrogen-bond acceptors (Lipinski definition) is 5. The molecule has 3 rings (SSSR count). The smallest absolute Gasteiger partial charge is 0.410 e. The van der Waals surface area contributed by atoms with Gasteiger partial charge in [-0.2, -0.15) is 0 Å². The quantitative estimate of drug-likeness (QED) is 0.878. The van der Waals surface area contributed by atoms with Crippen LogP contribution in [0.25, 0.3) is 0 Å². The normalized spacial score (nSPS) is 22.8. The van der Waals surface area contributed by atoms with Gasteiger partial charge in [-0.15, -0.1) is 0 Å². The largest absolute Gasteiger partial charge is 0.444 e. The van der Waals surface area contributed by atoms with Gasteiger partial charge in [-0.25, -0.2) is 9.78 Å². The molecule has 1 aliphatic carbocycles. The molecular formula is C17H25ClN4O2. The number of carbonyl (C=O) groups is 1. The highest BCUT2D eigenvalue weighted by molar-refractivity contribution is 6.29. The van der Waals surface area contributed by atoms with E-state index in [-0.39, 0.29) is 17.6 Å². The lowest BCUT2D eigenvalue weighted by Crippen LogP contribution is -2.58. The molecule has 24 heavy (non-hydrogen) atoms. The van der Waals surface area contributed by atoms with Gasteiger partial charge in [0.1, 0.15) is 16.6 Å². The number of nitrogens with zero attached hydrogens (tertiary/aromatic N) is 3. The number of hydrogen-bond donors (Lipinski definition) is 1. The maximum Gasteiger partial charge on any atom is 0.410 e. The van der Waals surface area contributed by atoms with E-state index >= 15 is 0 Å². The van der Waals surface area contributed by atoms with E-state index in [4.69, 9.17) is 16.3 Å². The topological polar surface area (TPSA) is 67.3 Å². The minimum Gasteiger partial charge on any atom is -0.444 e. The Bertz CT molecular complexity index is 613. The van der Waals surface area contributed by atoms with Gasteiger partial charge in [0, 0.05) is 13.1 Å². The van der Waals surface area contributed by atoms with Gasteiger partial charge >= 0.3 is 6.09 Å². The van der Waals surface area contributed by atoms with E-state index in [2.05, 4.69) is 15.3 Å². The third-order valence-corrected chi connectivity index (χ3v) is 5.13. The van der Waals surface area contributed by atoms with E-state index in [9.17, 15) is 4.79 Å². The summed E-state index contributed by atoms with van der Waals surface area (Å²) in [6.07, 6.45) is 7.52. The average Bonchev–Trinajstić information content (AvgIpc) is 2.43. The highest BCUT2D eigenvalue weighted by Crippen LogP contribution is 2.49.